The highest BCUT2D eigenvalue weighted by molar-refractivity contribution is 8.00. The minimum Gasteiger partial charge on any atom is -0.409 e. The molecule has 0 fully saturated rings. The largest absolute Gasteiger partial charge is 0.441 e. The third-order valence-corrected chi connectivity index (χ3v) is 3.11. The van der Waals surface area contributed by atoms with Crippen molar-refractivity contribution in [3.63, 3.8) is 0 Å². The summed E-state index contributed by atoms with van der Waals surface area (Å²) in [5, 5.41) is 11.6. The minimum atomic E-state index is -4.23. The highest BCUT2D eigenvalue weighted by Crippen LogP contribution is 2.30. The number of halogens is 3. The molecule has 0 aliphatic heterocycles. The van der Waals surface area contributed by atoms with Crippen molar-refractivity contribution in [3.05, 3.63) is 29.8 Å². The average Bonchev–Trinajstić information content (AvgIpc) is 2.36. The quantitative estimate of drug-likeness (QED) is 0.379. The molecule has 0 aromatic heterocycles. The Labute approximate surface area is 113 Å². The molecule has 19 heavy (non-hydrogen) atoms. The van der Waals surface area contributed by atoms with Crippen LogP contribution in [0.2, 0.25) is 0 Å². The molecule has 0 heterocycles. The Morgan fingerprint density at radius 3 is 2.63 bits per heavy atom. The van der Waals surface area contributed by atoms with Gasteiger partial charge in [-0.05, 0) is 23.9 Å². The first-order chi connectivity index (χ1) is 8.85. The summed E-state index contributed by atoms with van der Waals surface area (Å²) in [6.45, 7) is 0.194. The molecule has 0 bridgehead atoms. The number of anilines is 1. The fraction of sp³-hybridized carbons (Fsp3) is 0.364. The van der Waals surface area contributed by atoms with Gasteiger partial charge in [-0.1, -0.05) is 17.3 Å². The minimum absolute atomic E-state index is 0.0760. The normalized spacial score (nSPS) is 12.5. The van der Waals surface area contributed by atoms with E-state index in [0.29, 0.717) is 11.3 Å². The lowest BCUT2D eigenvalue weighted by Crippen LogP contribution is -2.25. The number of nitrogens with two attached hydrogens (primary N) is 1. The zero-order valence-electron chi connectivity index (χ0n) is 10.2. The molecule has 0 radical (unpaired) electrons. The SMILES string of the molecule is CN(CCSC(F)(F)F)c1ccccc1/C(N)=N/O. The molecule has 0 aliphatic rings. The number of oxime groups is 1. The first-order valence-electron chi connectivity index (χ1n) is 5.34. The molecule has 0 amide bonds. The molecule has 0 unspecified atom stereocenters. The van der Waals surface area contributed by atoms with E-state index in [1.54, 1.807) is 36.2 Å². The van der Waals surface area contributed by atoms with Crippen LogP contribution in [-0.2, 0) is 0 Å². The van der Waals surface area contributed by atoms with Crippen LogP contribution in [-0.4, -0.2) is 35.9 Å². The van der Waals surface area contributed by atoms with Gasteiger partial charge in [-0.3, -0.25) is 0 Å². The summed E-state index contributed by atoms with van der Waals surface area (Å²) < 4.78 is 36.1. The lowest BCUT2D eigenvalue weighted by Gasteiger charge is -2.22. The summed E-state index contributed by atoms with van der Waals surface area (Å²) in [6.07, 6.45) is 0. The topological polar surface area (TPSA) is 61.8 Å². The second-order valence-electron chi connectivity index (χ2n) is 3.72. The number of alkyl halides is 3. The highest BCUT2D eigenvalue weighted by Gasteiger charge is 2.27. The molecule has 8 heteroatoms. The van der Waals surface area contributed by atoms with Gasteiger partial charge in [0.25, 0.3) is 0 Å². The third kappa shape index (κ3) is 4.90. The summed E-state index contributed by atoms with van der Waals surface area (Å²) in [6, 6.07) is 6.77. The molecule has 0 aliphatic carbocycles. The summed E-state index contributed by atoms with van der Waals surface area (Å²) in [7, 11) is 1.65. The molecule has 1 aromatic rings. The maximum Gasteiger partial charge on any atom is 0.441 e. The van der Waals surface area contributed by atoms with Gasteiger partial charge < -0.3 is 15.8 Å². The van der Waals surface area contributed by atoms with Crippen LogP contribution in [0.25, 0.3) is 0 Å². The predicted octanol–water partition coefficient (Wildman–Crippen LogP) is 2.47. The molecule has 4 nitrogen and oxygen atoms in total. The van der Waals surface area contributed by atoms with Crippen molar-refractivity contribution >= 4 is 23.3 Å². The van der Waals surface area contributed by atoms with E-state index < -0.39 is 5.51 Å². The lowest BCUT2D eigenvalue weighted by atomic mass is 10.1. The lowest BCUT2D eigenvalue weighted by molar-refractivity contribution is -0.0327. The molecule has 0 spiro atoms. The van der Waals surface area contributed by atoms with Crippen molar-refractivity contribution in [2.75, 3.05) is 24.2 Å². The van der Waals surface area contributed by atoms with Gasteiger partial charge in [0.05, 0.1) is 0 Å². The fourth-order valence-electron chi connectivity index (χ4n) is 1.50. The molecule has 0 saturated heterocycles. The Morgan fingerprint density at radius 2 is 2.05 bits per heavy atom. The number of thioether (sulfide) groups is 1. The molecule has 1 rings (SSSR count). The third-order valence-electron chi connectivity index (χ3n) is 2.39. The van der Waals surface area contributed by atoms with E-state index in [1.165, 1.54) is 0 Å². The van der Waals surface area contributed by atoms with Crippen LogP contribution in [0.3, 0.4) is 0 Å². The van der Waals surface area contributed by atoms with Crippen molar-refractivity contribution in [1.29, 1.82) is 0 Å². The average molecular weight is 293 g/mol. The van der Waals surface area contributed by atoms with Crippen LogP contribution in [0.15, 0.2) is 29.4 Å². The van der Waals surface area contributed by atoms with E-state index in [1.807, 2.05) is 0 Å². The van der Waals surface area contributed by atoms with Crippen LogP contribution in [0.1, 0.15) is 5.56 Å². The van der Waals surface area contributed by atoms with Gasteiger partial charge in [-0.2, -0.15) is 13.2 Å². The van der Waals surface area contributed by atoms with Crippen LogP contribution >= 0.6 is 11.8 Å². The molecular formula is C11H14F3N3OS. The fourth-order valence-corrected chi connectivity index (χ4v) is 2.09. The maximum absolute atomic E-state index is 12.0. The Balaban J connectivity index is 2.74. The Hall–Kier alpha value is -1.57. The van der Waals surface area contributed by atoms with Crippen LogP contribution < -0.4 is 10.6 Å². The molecule has 106 valence electrons. The van der Waals surface area contributed by atoms with Crippen molar-refractivity contribution in [3.8, 4) is 0 Å². The van der Waals surface area contributed by atoms with Crippen LogP contribution in [0.5, 0.6) is 0 Å². The Kier molecular flexibility index (Phi) is 5.34. The molecular weight excluding hydrogens is 279 g/mol. The molecule has 1 aromatic carbocycles. The first-order valence-corrected chi connectivity index (χ1v) is 6.32. The molecule has 0 saturated carbocycles. The number of nitrogens with zero attached hydrogens (tertiary/aromatic N) is 2. The maximum atomic E-state index is 12.0. The molecule has 0 atom stereocenters. The Morgan fingerprint density at radius 1 is 1.42 bits per heavy atom. The van der Waals surface area contributed by atoms with Gasteiger partial charge in [0.15, 0.2) is 5.84 Å². The van der Waals surface area contributed by atoms with Gasteiger partial charge in [-0.15, -0.1) is 0 Å². The number of amidine groups is 1. The smallest absolute Gasteiger partial charge is 0.409 e. The predicted molar refractivity (Wildman–Crippen MR) is 70.7 cm³/mol. The second kappa shape index (κ2) is 6.55. The van der Waals surface area contributed by atoms with Crippen molar-refractivity contribution in [1.82, 2.24) is 0 Å². The van der Waals surface area contributed by atoms with Gasteiger partial charge in [0.1, 0.15) is 0 Å². The van der Waals surface area contributed by atoms with Gasteiger partial charge in [-0.25, -0.2) is 0 Å². The molecule has 3 N–H and O–H groups in total. The number of benzene rings is 1. The van der Waals surface area contributed by atoms with Crippen molar-refractivity contribution in [2.45, 2.75) is 5.51 Å². The number of hydrogen-bond donors (Lipinski definition) is 2. The standard InChI is InChI=1S/C11H14F3N3OS/c1-17(6-7-19-11(12,13)14)9-5-3-2-4-8(9)10(15)16-18/h2-5,18H,6-7H2,1H3,(H2,15,16). The van der Waals surface area contributed by atoms with E-state index in [4.69, 9.17) is 10.9 Å². The zero-order chi connectivity index (χ0) is 14.5. The highest BCUT2D eigenvalue weighted by atomic mass is 32.2. The van der Waals surface area contributed by atoms with Crippen LogP contribution in [0.4, 0.5) is 18.9 Å². The number of rotatable bonds is 5. The summed E-state index contributed by atoms with van der Waals surface area (Å²) >= 11 is -0.0760. The second-order valence-corrected chi connectivity index (χ2v) is 4.88. The first kappa shape index (κ1) is 15.5. The Bertz CT molecular complexity index is 451. The zero-order valence-corrected chi connectivity index (χ0v) is 11.0. The monoisotopic (exact) mass is 293 g/mol. The van der Waals surface area contributed by atoms with E-state index in [0.717, 1.165) is 0 Å². The van der Waals surface area contributed by atoms with Crippen molar-refractivity contribution < 1.29 is 18.4 Å². The summed E-state index contributed by atoms with van der Waals surface area (Å²) in [4.78, 5) is 1.63. The van der Waals surface area contributed by atoms with E-state index in [9.17, 15) is 13.2 Å². The van der Waals surface area contributed by atoms with E-state index >= 15 is 0 Å². The van der Waals surface area contributed by atoms with Gasteiger partial charge in [0.2, 0.25) is 0 Å². The summed E-state index contributed by atoms with van der Waals surface area (Å²) in [5.74, 6) is -0.171. The van der Waals surface area contributed by atoms with E-state index in [2.05, 4.69) is 5.16 Å². The summed E-state index contributed by atoms with van der Waals surface area (Å²) in [5.41, 5.74) is 2.38. The van der Waals surface area contributed by atoms with Gasteiger partial charge in [0, 0.05) is 30.6 Å². The van der Waals surface area contributed by atoms with Gasteiger partial charge >= 0.3 is 5.51 Å². The number of hydrogen-bond acceptors (Lipinski definition) is 4. The van der Waals surface area contributed by atoms with Crippen LogP contribution in [0, 0.1) is 0 Å². The van der Waals surface area contributed by atoms with E-state index in [-0.39, 0.29) is 29.9 Å². The van der Waals surface area contributed by atoms with Crippen molar-refractivity contribution in [2.24, 2.45) is 10.9 Å². The number of para-hydroxylation sites is 1.